The summed E-state index contributed by atoms with van der Waals surface area (Å²) >= 11 is 0. The van der Waals surface area contributed by atoms with Crippen LogP contribution in [0, 0.1) is 5.92 Å². The summed E-state index contributed by atoms with van der Waals surface area (Å²) in [4.78, 5) is 12.0. The van der Waals surface area contributed by atoms with Gasteiger partial charge in [0.2, 0.25) is 5.91 Å². The Morgan fingerprint density at radius 1 is 1.35 bits per heavy atom. The van der Waals surface area contributed by atoms with Crippen molar-refractivity contribution in [1.29, 1.82) is 0 Å². The molecule has 1 aromatic rings. The van der Waals surface area contributed by atoms with Crippen LogP contribution in [0.2, 0.25) is 0 Å². The van der Waals surface area contributed by atoms with Crippen molar-refractivity contribution in [2.75, 3.05) is 19.7 Å². The molecule has 0 fully saturated rings. The van der Waals surface area contributed by atoms with E-state index >= 15 is 0 Å². The fraction of sp³-hybridized carbons (Fsp3) is 0.562. The van der Waals surface area contributed by atoms with Gasteiger partial charge in [0, 0.05) is 13.1 Å². The maximum atomic E-state index is 12.0. The minimum atomic E-state index is -0.178. The Kier molecular flexibility index (Phi) is 7.73. The fourth-order valence-corrected chi connectivity index (χ4v) is 1.94. The molecule has 0 aromatic heterocycles. The van der Waals surface area contributed by atoms with Gasteiger partial charge in [-0.3, -0.25) is 4.79 Å². The molecule has 0 saturated heterocycles. The molecule has 1 aromatic carbocycles. The van der Waals surface area contributed by atoms with Crippen molar-refractivity contribution < 1.29 is 9.53 Å². The predicted molar refractivity (Wildman–Crippen MR) is 81.8 cm³/mol. The van der Waals surface area contributed by atoms with Crippen molar-refractivity contribution in [2.45, 2.75) is 33.1 Å². The smallest absolute Gasteiger partial charge is 0.224 e. The second-order valence-electron chi connectivity index (χ2n) is 4.92. The first-order chi connectivity index (χ1) is 9.71. The van der Waals surface area contributed by atoms with E-state index in [0.717, 1.165) is 24.2 Å². The van der Waals surface area contributed by atoms with Crippen LogP contribution in [0.5, 0.6) is 5.75 Å². The standard InChI is InChI=1S/C16H26N2O2/c1-3-8-18-16(19)14(12-17)10-13-6-5-7-15(11-13)20-9-4-2/h5-7,11,14H,3-4,8-10,12,17H2,1-2H3,(H,18,19). The Morgan fingerprint density at radius 2 is 2.15 bits per heavy atom. The molecular formula is C16H26N2O2. The van der Waals surface area contributed by atoms with Crippen LogP contribution in [0.15, 0.2) is 24.3 Å². The van der Waals surface area contributed by atoms with E-state index in [1.165, 1.54) is 0 Å². The molecule has 0 radical (unpaired) electrons. The molecule has 0 heterocycles. The summed E-state index contributed by atoms with van der Waals surface area (Å²) < 4.78 is 5.60. The Balaban J connectivity index is 2.62. The van der Waals surface area contributed by atoms with Crippen LogP contribution >= 0.6 is 0 Å². The van der Waals surface area contributed by atoms with Gasteiger partial charge in [-0.1, -0.05) is 26.0 Å². The largest absolute Gasteiger partial charge is 0.494 e. The number of nitrogens with one attached hydrogen (secondary N) is 1. The Morgan fingerprint density at radius 3 is 2.80 bits per heavy atom. The number of carbonyl (C=O) groups excluding carboxylic acids is 1. The summed E-state index contributed by atoms with van der Waals surface area (Å²) in [6.45, 7) is 5.88. The molecule has 20 heavy (non-hydrogen) atoms. The van der Waals surface area contributed by atoms with Crippen LogP contribution in [-0.4, -0.2) is 25.6 Å². The number of rotatable bonds is 9. The molecule has 1 unspecified atom stereocenters. The predicted octanol–water partition coefficient (Wildman–Crippen LogP) is 2.12. The molecule has 3 N–H and O–H groups in total. The molecule has 1 rings (SSSR count). The van der Waals surface area contributed by atoms with E-state index in [1.807, 2.05) is 31.2 Å². The summed E-state index contributed by atoms with van der Waals surface area (Å²) in [5, 5.41) is 2.90. The Hall–Kier alpha value is -1.55. The van der Waals surface area contributed by atoms with Crippen molar-refractivity contribution >= 4 is 5.91 Å². The number of carbonyl (C=O) groups is 1. The number of amides is 1. The molecular weight excluding hydrogens is 252 g/mol. The number of hydrogen-bond acceptors (Lipinski definition) is 3. The number of benzene rings is 1. The number of nitrogens with two attached hydrogens (primary N) is 1. The van der Waals surface area contributed by atoms with Gasteiger partial charge in [0.05, 0.1) is 12.5 Å². The van der Waals surface area contributed by atoms with Crippen molar-refractivity contribution in [2.24, 2.45) is 11.7 Å². The topological polar surface area (TPSA) is 64.4 Å². The molecule has 4 nitrogen and oxygen atoms in total. The highest BCUT2D eigenvalue weighted by Crippen LogP contribution is 2.16. The first-order valence-electron chi connectivity index (χ1n) is 7.40. The van der Waals surface area contributed by atoms with E-state index in [1.54, 1.807) is 0 Å². The van der Waals surface area contributed by atoms with E-state index in [-0.39, 0.29) is 11.8 Å². The van der Waals surface area contributed by atoms with E-state index in [9.17, 15) is 4.79 Å². The second kappa shape index (κ2) is 9.37. The van der Waals surface area contributed by atoms with Crippen LogP contribution in [0.1, 0.15) is 32.3 Å². The third-order valence-electron chi connectivity index (χ3n) is 3.06. The van der Waals surface area contributed by atoms with Gasteiger partial charge >= 0.3 is 0 Å². The lowest BCUT2D eigenvalue weighted by molar-refractivity contribution is -0.124. The average Bonchev–Trinajstić information content (AvgIpc) is 2.48. The zero-order valence-electron chi connectivity index (χ0n) is 12.5. The lowest BCUT2D eigenvalue weighted by Gasteiger charge is -2.15. The zero-order valence-corrected chi connectivity index (χ0v) is 12.5. The second-order valence-corrected chi connectivity index (χ2v) is 4.92. The molecule has 0 aliphatic rings. The van der Waals surface area contributed by atoms with Crippen LogP contribution in [0.4, 0.5) is 0 Å². The van der Waals surface area contributed by atoms with Gasteiger partial charge < -0.3 is 15.8 Å². The maximum absolute atomic E-state index is 12.0. The van der Waals surface area contributed by atoms with Crippen molar-refractivity contribution in [1.82, 2.24) is 5.32 Å². The summed E-state index contributed by atoms with van der Waals surface area (Å²) in [6.07, 6.45) is 2.56. The molecule has 0 bridgehead atoms. The molecule has 0 spiro atoms. The third kappa shape index (κ3) is 5.61. The molecule has 112 valence electrons. The van der Waals surface area contributed by atoms with Crippen molar-refractivity contribution in [3.63, 3.8) is 0 Å². The van der Waals surface area contributed by atoms with Crippen LogP contribution < -0.4 is 15.8 Å². The average molecular weight is 278 g/mol. The molecule has 1 atom stereocenters. The Labute approximate surface area is 121 Å². The summed E-state index contributed by atoms with van der Waals surface area (Å²) in [5.74, 6) is 0.714. The Bertz CT molecular complexity index is 407. The van der Waals surface area contributed by atoms with Gasteiger partial charge in [-0.15, -0.1) is 0 Å². The lowest BCUT2D eigenvalue weighted by atomic mass is 9.98. The summed E-state index contributed by atoms with van der Waals surface area (Å²) in [6, 6.07) is 7.89. The van der Waals surface area contributed by atoms with Gasteiger partial charge in [-0.2, -0.15) is 0 Å². The van der Waals surface area contributed by atoms with Crippen LogP contribution in [-0.2, 0) is 11.2 Å². The summed E-state index contributed by atoms with van der Waals surface area (Å²) in [5.41, 5.74) is 6.80. The van der Waals surface area contributed by atoms with Gasteiger partial charge in [-0.05, 0) is 37.0 Å². The van der Waals surface area contributed by atoms with Crippen LogP contribution in [0.3, 0.4) is 0 Å². The summed E-state index contributed by atoms with van der Waals surface area (Å²) in [7, 11) is 0. The lowest BCUT2D eigenvalue weighted by Crippen LogP contribution is -2.36. The molecule has 0 saturated carbocycles. The third-order valence-corrected chi connectivity index (χ3v) is 3.06. The minimum Gasteiger partial charge on any atom is -0.494 e. The molecule has 0 aliphatic carbocycles. The molecule has 4 heteroatoms. The molecule has 1 amide bonds. The van der Waals surface area contributed by atoms with E-state index < -0.39 is 0 Å². The normalized spacial score (nSPS) is 11.9. The monoisotopic (exact) mass is 278 g/mol. The van der Waals surface area contributed by atoms with Crippen LogP contribution in [0.25, 0.3) is 0 Å². The quantitative estimate of drug-likeness (QED) is 0.727. The van der Waals surface area contributed by atoms with Gasteiger partial charge in [-0.25, -0.2) is 0 Å². The molecule has 0 aliphatic heterocycles. The highest BCUT2D eigenvalue weighted by atomic mass is 16.5. The van der Waals surface area contributed by atoms with Crippen molar-refractivity contribution in [3.05, 3.63) is 29.8 Å². The zero-order chi connectivity index (χ0) is 14.8. The minimum absolute atomic E-state index is 0.0363. The van der Waals surface area contributed by atoms with E-state index in [0.29, 0.717) is 26.1 Å². The van der Waals surface area contributed by atoms with Gasteiger partial charge in [0.25, 0.3) is 0 Å². The number of ether oxygens (including phenoxy) is 1. The van der Waals surface area contributed by atoms with E-state index in [2.05, 4.69) is 12.2 Å². The first kappa shape index (κ1) is 16.5. The maximum Gasteiger partial charge on any atom is 0.224 e. The fourth-order valence-electron chi connectivity index (χ4n) is 1.94. The highest BCUT2D eigenvalue weighted by molar-refractivity contribution is 5.79. The first-order valence-corrected chi connectivity index (χ1v) is 7.40. The highest BCUT2D eigenvalue weighted by Gasteiger charge is 2.16. The van der Waals surface area contributed by atoms with Crippen molar-refractivity contribution in [3.8, 4) is 5.75 Å². The van der Waals surface area contributed by atoms with E-state index in [4.69, 9.17) is 10.5 Å². The number of hydrogen-bond donors (Lipinski definition) is 2. The van der Waals surface area contributed by atoms with Gasteiger partial charge in [0.1, 0.15) is 5.75 Å². The van der Waals surface area contributed by atoms with Gasteiger partial charge in [0.15, 0.2) is 0 Å². The SMILES string of the molecule is CCCNC(=O)C(CN)Cc1cccc(OCCC)c1.